The van der Waals surface area contributed by atoms with E-state index in [1.807, 2.05) is 0 Å². The van der Waals surface area contributed by atoms with E-state index in [0.717, 1.165) is 31.8 Å². The third-order valence-corrected chi connectivity index (χ3v) is 5.17. The van der Waals surface area contributed by atoms with Gasteiger partial charge in [0.15, 0.2) is 0 Å². The summed E-state index contributed by atoms with van der Waals surface area (Å²) in [7, 11) is 0. The van der Waals surface area contributed by atoms with Crippen molar-refractivity contribution in [1.29, 1.82) is 0 Å². The first kappa shape index (κ1) is 12.8. The molecule has 1 atom stereocenters. The predicted molar refractivity (Wildman–Crippen MR) is 69.1 cm³/mol. The predicted octanol–water partition coefficient (Wildman–Crippen LogP) is 3.38. The van der Waals surface area contributed by atoms with Gasteiger partial charge in [-0.1, -0.05) is 35.2 Å². The number of hydrogen-bond acceptors (Lipinski definition) is 2. The first-order valence-electron chi connectivity index (χ1n) is 6.56. The van der Waals surface area contributed by atoms with Gasteiger partial charge in [-0.25, -0.2) is 0 Å². The average molecular weight is 291 g/mol. The molecule has 0 spiro atoms. The smallest absolute Gasteiger partial charge is 0.0530 e. The molecule has 1 aliphatic carbocycles. The lowest BCUT2D eigenvalue weighted by Crippen LogP contribution is -2.32. The van der Waals surface area contributed by atoms with E-state index in [0.29, 0.717) is 11.3 Å². The molecular formula is C13H23BrO2. The van der Waals surface area contributed by atoms with Gasteiger partial charge >= 0.3 is 0 Å². The fraction of sp³-hybridized carbons (Fsp3) is 1.00. The molecule has 0 aromatic carbocycles. The van der Waals surface area contributed by atoms with Crippen molar-refractivity contribution in [1.82, 2.24) is 0 Å². The Morgan fingerprint density at radius 1 is 1.25 bits per heavy atom. The summed E-state index contributed by atoms with van der Waals surface area (Å²) in [5, 5.41) is 1.10. The monoisotopic (exact) mass is 290 g/mol. The van der Waals surface area contributed by atoms with Crippen molar-refractivity contribution >= 4 is 15.9 Å². The molecule has 16 heavy (non-hydrogen) atoms. The second-order valence-corrected chi connectivity index (χ2v) is 6.00. The Labute approximate surface area is 107 Å². The van der Waals surface area contributed by atoms with Gasteiger partial charge in [-0.2, -0.15) is 0 Å². The summed E-state index contributed by atoms with van der Waals surface area (Å²) >= 11 is 3.68. The lowest BCUT2D eigenvalue weighted by Gasteiger charge is -2.35. The average Bonchev–Trinajstić information content (AvgIpc) is 2.83. The van der Waals surface area contributed by atoms with Gasteiger partial charge in [0.25, 0.3) is 0 Å². The molecule has 2 rings (SSSR count). The van der Waals surface area contributed by atoms with E-state index in [2.05, 4.69) is 15.9 Å². The van der Waals surface area contributed by atoms with Gasteiger partial charge in [-0.3, -0.25) is 0 Å². The van der Waals surface area contributed by atoms with Crippen molar-refractivity contribution in [3.05, 3.63) is 0 Å². The zero-order valence-corrected chi connectivity index (χ0v) is 11.6. The lowest BCUT2D eigenvalue weighted by atomic mass is 9.76. The topological polar surface area (TPSA) is 18.5 Å². The van der Waals surface area contributed by atoms with E-state index in [9.17, 15) is 0 Å². The van der Waals surface area contributed by atoms with Crippen LogP contribution in [0.4, 0.5) is 0 Å². The molecule has 1 saturated heterocycles. The molecule has 1 saturated carbocycles. The lowest BCUT2D eigenvalue weighted by molar-refractivity contribution is 0.0158. The fourth-order valence-electron chi connectivity index (χ4n) is 2.78. The van der Waals surface area contributed by atoms with Crippen LogP contribution in [0.2, 0.25) is 0 Å². The highest BCUT2D eigenvalue weighted by Gasteiger charge is 2.31. The number of rotatable bonds is 5. The van der Waals surface area contributed by atoms with Crippen LogP contribution in [0.15, 0.2) is 0 Å². The molecule has 2 aliphatic rings. The van der Waals surface area contributed by atoms with Gasteiger partial charge < -0.3 is 9.47 Å². The second-order valence-electron chi connectivity index (χ2n) is 5.44. The molecule has 0 N–H and O–H groups in total. The molecule has 1 heterocycles. The second kappa shape index (κ2) is 6.36. The van der Waals surface area contributed by atoms with Gasteiger partial charge in [-0.15, -0.1) is 0 Å². The molecule has 2 nitrogen and oxygen atoms in total. The molecule has 1 aliphatic heterocycles. The minimum Gasteiger partial charge on any atom is -0.381 e. The summed E-state index contributed by atoms with van der Waals surface area (Å²) in [5.41, 5.74) is 0.428. The minimum atomic E-state index is 0.428. The zero-order chi connectivity index (χ0) is 11.3. The standard InChI is InChI=1S/C13H23BrO2/c14-10-13(5-2-1-3-6-13)11-16-9-12-4-7-15-8-12/h12H,1-11H2. The van der Waals surface area contributed by atoms with Crippen LogP contribution in [0, 0.1) is 11.3 Å². The molecule has 2 fully saturated rings. The Morgan fingerprint density at radius 3 is 2.69 bits per heavy atom. The molecule has 1 unspecified atom stereocenters. The van der Waals surface area contributed by atoms with Crippen LogP contribution in [0.25, 0.3) is 0 Å². The Balaban J connectivity index is 1.69. The van der Waals surface area contributed by atoms with E-state index in [1.54, 1.807) is 0 Å². The third kappa shape index (κ3) is 3.44. The number of hydrogen-bond donors (Lipinski definition) is 0. The quantitative estimate of drug-likeness (QED) is 0.723. The van der Waals surface area contributed by atoms with Gasteiger partial charge in [0.05, 0.1) is 19.8 Å². The van der Waals surface area contributed by atoms with E-state index in [1.165, 1.54) is 38.5 Å². The van der Waals surface area contributed by atoms with Gasteiger partial charge in [0.2, 0.25) is 0 Å². The van der Waals surface area contributed by atoms with Crippen LogP contribution in [0.3, 0.4) is 0 Å². The molecule has 0 radical (unpaired) electrons. The molecule has 0 amide bonds. The maximum atomic E-state index is 5.94. The highest BCUT2D eigenvalue weighted by molar-refractivity contribution is 9.09. The first-order chi connectivity index (χ1) is 7.85. The van der Waals surface area contributed by atoms with E-state index < -0.39 is 0 Å². The zero-order valence-electron chi connectivity index (χ0n) is 10.0. The molecule has 0 aromatic rings. The van der Waals surface area contributed by atoms with Crippen molar-refractivity contribution in [3.8, 4) is 0 Å². The van der Waals surface area contributed by atoms with Gasteiger partial charge in [-0.05, 0) is 19.3 Å². The maximum absolute atomic E-state index is 5.94. The summed E-state index contributed by atoms with van der Waals surface area (Å²) in [5.74, 6) is 0.649. The highest BCUT2D eigenvalue weighted by Crippen LogP contribution is 2.38. The van der Waals surface area contributed by atoms with Crippen LogP contribution in [-0.2, 0) is 9.47 Å². The van der Waals surface area contributed by atoms with Gasteiger partial charge in [0.1, 0.15) is 0 Å². The molecule has 0 bridgehead atoms. The highest BCUT2D eigenvalue weighted by atomic mass is 79.9. The van der Waals surface area contributed by atoms with Crippen LogP contribution in [0.1, 0.15) is 38.5 Å². The Hall–Kier alpha value is 0.400. The third-order valence-electron chi connectivity index (χ3n) is 3.98. The summed E-state index contributed by atoms with van der Waals surface area (Å²) in [6, 6.07) is 0. The van der Waals surface area contributed by atoms with Crippen LogP contribution in [0.5, 0.6) is 0 Å². The van der Waals surface area contributed by atoms with Crippen molar-refractivity contribution in [2.45, 2.75) is 38.5 Å². The van der Waals surface area contributed by atoms with Crippen molar-refractivity contribution in [3.63, 3.8) is 0 Å². The van der Waals surface area contributed by atoms with Crippen LogP contribution >= 0.6 is 15.9 Å². The number of halogens is 1. The van der Waals surface area contributed by atoms with Crippen molar-refractivity contribution in [2.75, 3.05) is 31.8 Å². The molecular weight excluding hydrogens is 268 g/mol. The number of ether oxygens (including phenoxy) is 2. The Kier molecular flexibility index (Phi) is 5.11. The largest absolute Gasteiger partial charge is 0.381 e. The SMILES string of the molecule is BrCC1(COCC2CCOC2)CCCCC1. The number of alkyl halides is 1. The minimum absolute atomic E-state index is 0.428. The van der Waals surface area contributed by atoms with E-state index in [4.69, 9.17) is 9.47 Å². The van der Waals surface area contributed by atoms with Gasteiger partial charge in [0, 0.05) is 23.3 Å². The van der Waals surface area contributed by atoms with E-state index >= 15 is 0 Å². The summed E-state index contributed by atoms with van der Waals surface area (Å²) in [6.45, 7) is 3.67. The van der Waals surface area contributed by atoms with E-state index in [-0.39, 0.29) is 0 Å². The fourth-order valence-corrected chi connectivity index (χ4v) is 3.50. The molecule has 0 aromatic heterocycles. The molecule has 3 heteroatoms. The normalized spacial score (nSPS) is 29.4. The summed E-state index contributed by atoms with van der Waals surface area (Å²) in [6.07, 6.45) is 8.01. The Bertz CT molecular complexity index is 196. The Morgan fingerprint density at radius 2 is 2.06 bits per heavy atom. The van der Waals surface area contributed by atoms with Crippen LogP contribution in [-0.4, -0.2) is 31.8 Å². The first-order valence-corrected chi connectivity index (χ1v) is 7.68. The van der Waals surface area contributed by atoms with Crippen molar-refractivity contribution < 1.29 is 9.47 Å². The van der Waals surface area contributed by atoms with Crippen LogP contribution < -0.4 is 0 Å². The molecule has 94 valence electrons. The maximum Gasteiger partial charge on any atom is 0.0530 e. The summed E-state index contributed by atoms with van der Waals surface area (Å²) < 4.78 is 11.3. The summed E-state index contributed by atoms with van der Waals surface area (Å²) in [4.78, 5) is 0. The van der Waals surface area contributed by atoms with Crippen molar-refractivity contribution in [2.24, 2.45) is 11.3 Å².